The number of carbonyl (C=O) groups is 1. The highest BCUT2D eigenvalue weighted by molar-refractivity contribution is 5.98. The molecule has 1 aliphatic heterocycles. The molecular formula is C17H21N5O3. The number of aromatic nitrogens is 2. The highest BCUT2D eigenvalue weighted by Gasteiger charge is 2.20. The quantitative estimate of drug-likeness (QED) is 0.682. The number of carbonyl (C=O) groups excluding carboxylic acids is 1. The highest BCUT2D eigenvalue weighted by atomic mass is 16.7. The third kappa shape index (κ3) is 3.28. The normalized spacial score (nSPS) is 12.4. The molecule has 8 heteroatoms. The third-order valence-electron chi connectivity index (χ3n) is 4.20. The van der Waals surface area contributed by atoms with Gasteiger partial charge in [0.2, 0.25) is 12.7 Å². The second-order valence-corrected chi connectivity index (χ2v) is 6.06. The molecule has 1 aromatic heterocycles. The van der Waals surface area contributed by atoms with Gasteiger partial charge in [0.1, 0.15) is 17.3 Å². The van der Waals surface area contributed by atoms with E-state index >= 15 is 0 Å². The first-order chi connectivity index (χ1) is 11.9. The summed E-state index contributed by atoms with van der Waals surface area (Å²) in [5.74, 6) is 2.08. The van der Waals surface area contributed by atoms with Crippen LogP contribution in [-0.2, 0) is 17.8 Å². The van der Waals surface area contributed by atoms with E-state index in [0.29, 0.717) is 36.1 Å². The molecular weight excluding hydrogens is 322 g/mol. The van der Waals surface area contributed by atoms with E-state index in [1.54, 1.807) is 11.5 Å². The minimum absolute atomic E-state index is 0.157. The monoisotopic (exact) mass is 343 g/mol. The molecule has 1 aliphatic rings. The van der Waals surface area contributed by atoms with Crippen molar-refractivity contribution in [2.75, 3.05) is 12.5 Å². The average Bonchev–Trinajstić information content (AvgIpc) is 3.10. The van der Waals surface area contributed by atoms with Crippen LogP contribution in [0, 0.1) is 12.3 Å². The average molecular weight is 343 g/mol. The van der Waals surface area contributed by atoms with Crippen molar-refractivity contribution in [1.29, 1.82) is 5.41 Å². The molecule has 2 aromatic rings. The van der Waals surface area contributed by atoms with Crippen molar-refractivity contribution < 1.29 is 14.3 Å². The number of ether oxygens (including phenoxy) is 2. The van der Waals surface area contributed by atoms with E-state index in [1.807, 2.05) is 19.1 Å². The van der Waals surface area contributed by atoms with Gasteiger partial charge in [0.15, 0.2) is 11.5 Å². The van der Waals surface area contributed by atoms with Crippen LogP contribution in [0.1, 0.15) is 36.0 Å². The van der Waals surface area contributed by atoms with Gasteiger partial charge in [-0.2, -0.15) is 0 Å². The number of nitrogen functional groups attached to an aromatic ring is 1. The lowest BCUT2D eigenvalue weighted by Gasteiger charge is -2.11. The van der Waals surface area contributed by atoms with Gasteiger partial charge in [0, 0.05) is 19.4 Å². The highest BCUT2D eigenvalue weighted by Crippen LogP contribution is 2.35. The fourth-order valence-electron chi connectivity index (χ4n) is 2.84. The Morgan fingerprint density at radius 2 is 2.04 bits per heavy atom. The Labute approximate surface area is 145 Å². The zero-order chi connectivity index (χ0) is 18.1. The summed E-state index contributed by atoms with van der Waals surface area (Å²) in [6, 6.07) is 3.86. The first-order valence-corrected chi connectivity index (χ1v) is 7.94. The van der Waals surface area contributed by atoms with E-state index in [-0.39, 0.29) is 18.9 Å². The van der Waals surface area contributed by atoms with Crippen molar-refractivity contribution in [1.82, 2.24) is 9.55 Å². The Morgan fingerprint density at radius 1 is 1.36 bits per heavy atom. The SMILES string of the molecule is CC(=N)c1nc(Cc2cc3c(cc2C)OCO3)n(CCC(N)=O)c1N. The van der Waals surface area contributed by atoms with Crippen molar-refractivity contribution in [3.63, 3.8) is 0 Å². The standard InChI is InChI=1S/C17H21N5O3/c1-9-5-12-13(25-8-24-12)6-11(9)7-15-21-16(10(2)18)17(20)22(15)4-3-14(19)23/h5-6,18H,3-4,7-8,20H2,1-2H3,(H2,19,23). The Kier molecular flexibility index (Phi) is 4.35. The summed E-state index contributed by atoms with van der Waals surface area (Å²) in [6.45, 7) is 4.17. The van der Waals surface area contributed by atoms with Crippen LogP contribution in [-0.4, -0.2) is 28.0 Å². The van der Waals surface area contributed by atoms with Crippen LogP contribution in [0.2, 0.25) is 0 Å². The zero-order valence-corrected chi connectivity index (χ0v) is 14.3. The molecule has 0 aliphatic carbocycles. The smallest absolute Gasteiger partial charge is 0.231 e. The van der Waals surface area contributed by atoms with Gasteiger partial charge in [0.05, 0.1) is 5.71 Å². The molecule has 0 unspecified atom stereocenters. The number of anilines is 1. The number of benzene rings is 1. The van der Waals surface area contributed by atoms with Crippen LogP contribution in [0.15, 0.2) is 12.1 Å². The van der Waals surface area contributed by atoms with Gasteiger partial charge >= 0.3 is 0 Å². The molecule has 0 atom stereocenters. The molecule has 1 aromatic carbocycles. The molecule has 0 saturated heterocycles. The predicted octanol–water partition coefficient (Wildman–Crippen LogP) is 1.36. The van der Waals surface area contributed by atoms with Crippen LogP contribution in [0.5, 0.6) is 11.5 Å². The number of hydrogen-bond acceptors (Lipinski definition) is 6. The second-order valence-electron chi connectivity index (χ2n) is 6.06. The molecule has 3 rings (SSSR count). The van der Waals surface area contributed by atoms with Gasteiger partial charge < -0.3 is 30.9 Å². The number of amides is 1. The Morgan fingerprint density at radius 3 is 2.68 bits per heavy atom. The Hall–Kier alpha value is -3.03. The number of nitrogens with zero attached hydrogens (tertiary/aromatic N) is 2. The lowest BCUT2D eigenvalue weighted by atomic mass is 10.0. The Balaban J connectivity index is 1.97. The topological polar surface area (TPSA) is 129 Å². The molecule has 0 radical (unpaired) electrons. The van der Waals surface area contributed by atoms with Gasteiger partial charge in [0.25, 0.3) is 0 Å². The summed E-state index contributed by atoms with van der Waals surface area (Å²) in [7, 11) is 0. The second kappa shape index (κ2) is 6.46. The number of nitrogens with one attached hydrogen (secondary N) is 1. The fraction of sp³-hybridized carbons (Fsp3) is 0.353. The third-order valence-corrected chi connectivity index (χ3v) is 4.20. The Bertz CT molecular complexity index is 856. The molecule has 1 amide bonds. The maximum absolute atomic E-state index is 11.2. The van der Waals surface area contributed by atoms with Crippen LogP contribution < -0.4 is 20.9 Å². The number of aryl methyl sites for hydroxylation is 1. The van der Waals surface area contributed by atoms with Gasteiger partial charge in [-0.25, -0.2) is 4.98 Å². The van der Waals surface area contributed by atoms with Gasteiger partial charge in [-0.1, -0.05) is 0 Å². The van der Waals surface area contributed by atoms with Gasteiger partial charge in [-0.05, 0) is 37.1 Å². The first kappa shape index (κ1) is 16.8. The molecule has 0 spiro atoms. The van der Waals surface area contributed by atoms with Crippen molar-refractivity contribution in [2.45, 2.75) is 33.2 Å². The number of primary amides is 1. The molecule has 0 fully saturated rings. The van der Waals surface area contributed by atoms with Crippen molar-refractivity contribution >= 4 is 17.4 Å². The maximum atomic E-state index is 11.2. The lowest BCUT2D eigenvalue weighted by Crippen LogP contribution is -2.16. The summed E-state index contributed by atoms with van der Waals surface area (Å²) in [5, 5.41) is 7.84. The number of fused-ring (bicyclic) bond motifs is 1. The molecule has 8 nitrogen and oxygen atoms in total. The summed E-state index contributed by atoms with van der Waals surface area (Å²) in [4.78, 5) is 15.7. The van der Waals surface area contributed by atoms with Crippen molar-refractivity contribution in [3.05, 3.63) is 34.8 Å². The lowest BCUT2D eigenvalue weighted by molar-refractivity contribution is -0.118. The molecule has 2 heterocycles. The first-order valence-electron chi connectivity index (χ1n) is 7.94. The van der Waals surface area contributed by atoms with E-state index < -0.39 is 5.91 Å². The molecule has 132 valence electrons. The summed E-state index contributed by atoms with van der Waals surface area (Å²) in [5.41, 5.74) is 14.2. The van der Waals surface area contributed by atoms with Crippen LogP contribution in [0.25, 0.3) is 0 Å². The number of nitrogens with two attached hydrogens (primary N) is 2. The van der Waals surface area contributed by atoms with Crippen molar-refractivity contribution in [2.24, 2.45) is 5.73 Å². The number of rotatable bonds is 6. The molecule has 0 saturated carbocycles. The van der Waals surface area contributed by atoms with E-state index in [2.05, 4.69) is 4.98 Å². The predicted molar refractivity (Wildman–Crippen MR) is 93.1 cm³/mol. The largest absolute Gasteiger partial charge is 0.454 e. The zero-order valence-electron chi connectivity index (χ0n) is 14.3. The minimum Gasteiger partial charge on any atom is -0.454 e. The molecule has 25 heavy (non-hydrogen) atoms. The molecule has 0 bridgehead atoms. The van der Waals surface area contributed by atoms with E-state index in [9.17, 15) is 4.79 Å². The number of hydrogen-bond donors (Lipinski definition) is 3. The van der Waals surface area contributed by atoms with Crippen molar-refractivity contribution in [3.8, 4) is 11.5 Å². The summed E-state index contributed by atoms with van der Waals surface area (Å²) in [6.07, 6.45) is 0.656. The summed E-state index contributed by atoms with van der Waals surface area (Å²) >= 11 is 0. The molecule has 5 N–H and O–H groups in total. The minimum atomic E-state index is -0.411. The van der Waals surface area contributed by atoms with Gasteiger partial charge in [-0.15, -0.1) is 0 Å². The van der Waals surface area contributed by atoms with E-state index in [1.165, 1.54) is 0 Å². The van der Waals surface area contributed by atoms with E-state index in [4.69, 9.17) is 26.4 Å². The van der Waals surface area contributed by atoms with Crippen LogP contribution in [0.3, 0.4) is 0 Å². The fourth-order valence-corrected chi connectivity index (χ4v) is 2.84. The van der Waals surface area contributed by atoms with Crippen LogP contribution in [0.4, 0.5) is 5.82 Å². The summed E-state index contributed by atoms with van der Waals surface area (Å²) < 4.78 is 12.6. The van der Waals surface area contributed by atoms with E-state index in [0.717, 1.165) is 16.9 Å². The number of imidazole rings is 1. The van der Waals surface area contributed by atoms with Gasteiger partial charge in [-0.3, -0.25) is 4.79 Å². The van der Waals surface area contributed by atoms with Crippen LogP contribution >= 0.6 is 0 Å². The maximum Gasteiger partial charge on any atom is 0.231 e.